The van der Waals surface area contributed by atoms with Gasteiger partial charge in [-0.3, -0.25) is 0 Å². The molecule has 5 heteroatoms. The van der Waals surface area contributed by atoms with Crippen LogP contribution in [0.4, 0.5) is 0 Å². The molecule has 1 aliphatic carbocycles. The van der Waals surface area contributed by atoms with Crippen molar-refractivity contribution in [1.29, 1.82) is 0 Å². The van der Waals surface area contributed by atoms with E-state index in [1.807, 2.05) is 0 Å². The first-order chi connectivity index (χ1) is 9.47. The molecule has 1 aliphatic rings. The highest BCUT2D eigenvalue weighted by Crippen LogP contribution is 2.23. The lowest BCUT2D eigenvalue weighted by atomic mass is 9.87. The van der Waals surface area contributed by atoms with Crippen LogP contribution in [0.25, 0.3) is 0 Å². The summed E-state index contributed by atoms with van der Waals surface area (Å²) in [6.45, 7) is 2.80. The van der Waals surface area contributed by atoms with Crippen LogP contribution in [-0.2, 0) is 9.84 Å². The van der Waals surface area contributed by atoms with Crippen molar-refractivity contribution in [2.75, 3.05) is 12.3 Å². The Bertz CT molecular complexity index is 519. The number of sulfone groups is 1. The molecule has 1 aromatic carbocycles. The minimum atomic E-state index is -3.21. The first-order valence-corrected chi connectivity index (χ1v) is 9.22. The number of rotatable bonds is 5. The number of nitrogens with one attached hydrogen (secondary N) is 1. The molecule has 112 valence electrons. The van der Waals surface area contributed by atoms with E-state index in [2.05, 4.69) is 12.2 Å². The second-order valence-electron chi connectivity index (χ2n) is 5.68. The monoisotopic (exact) mass is 315 g/mol. The topological polar surface area (TPSA) is 46.2 Å². The molecule has 3 nitrogen and oxygen atoms in total. The first kappa shape index (κ1) is 15.8. The Morgan fingerprint density at radius 1 is 1.15 bits per heavy atom. The van der Waals surface area contributed by atoms with Crippen LogP contribution in [0.2, 0.25) is 5.02 Å². The number of hydrogen-bond acceptors (Lipinski definition) is 3. The second-order valence-corrected chi connectivity index (χ2v) is 8.23. The molecule has 0 atom stereocenters. The van der Waals surface area contributed by atoms with Gasteiger partial charge in [0.05, 0.1) is 10.6 Å². The molecule has 0 saturated heterocycles. The Morgan fingerprint density at radius 2 is 1.75 bits per heavy atom. The molecule has 1 fully saturated rings. The largest absolute Gasteiger partial charge is 0.313 e. The maximum absolute atomic E-state index is 12.2. The summed E-state index contributed by atoms with van der Waals surface area (Å²) in [5.74, 6) is 0.951. The lowest BCUT2D eigenvalue weighted by Crippen LogP contribution is -2.35. The summed E-state index contributed by atoms with van der Waals surface area (Å²) in [5, 5.41) is 3.93. The third kappa shape index (κ3) is 4.47. The van der Waals surface area contributed by atoms with Gasteiger partial charge in [0.2, 0.25) is 0 Å². The van der Waals surface area contributed by atoms with Gasteiger partial charge in [0.25, 0.3) is 0 Å². The zero-order chi connectivity index (χ0) is 14.6. The number of halogens is 1. The number of hydrogen-bond donors (Lipinski definition) is 1. The summed E-state index contributed by atoms with van der Waals surface area (Å²) in [4.78, 5) is 0.348. The normalized spacial score (nSPS) is 23.7. The second kappa shape index (κ2) is 6.92. The number of benzene rings is 1. The zero-order valence-electron chi connectivity index (χ0n) is 11.8. The predicted molar refractivity (Wildman–Crippen MR) is 82.9 cm³/mol. The quantitative estimate of drug-likeness (QED) is 0.907. The van der Waals surface area contributed by atoms with E-state index in [-0.39, 0.29) is 5.75 Å². The van der Waals surface area contributed by atoms with E-state index in [4.69, 9.17) is 11.6 Å². The molecule has 1 aromatic rings. The summed E-state index contributed by atoms with van der Waals surface area (Å²) in [6.07, 6.45) is 4.79. The highest BCUT2D eigenvalue weighted by molar-refractivity contribution is 7.91. The van der Waals surface area contributed by atoms with Crippen molar-refractivity contribution in [2.24, 2.45) is 5.92 Å². The van der Waals surface area contributed by atoms with E-state index in [0.717, 1.165) is 18.8 Å². The minimum absolute atomic E-state index is 0.140. The highest BCUT2D eigenvalue weighted by atomic mass is 35.5. The Labute approximate surface area is 126 Å². The van der Waals surface area contributed by atoms with Gasteiger partial charge < -0.3 is 5.32 Å². The van der Waals surface area contributed by atoms with Crippen molar-refractivity contribution in [3.63, 3.8) is 0 Å². The predicted octanol–water partition coefficient (Wildman–Crippen LogP) is 3.28. The SMILES string of the molecule is CC1CCC(NCCS(=O)(=O)c2ccc(Cl)cc2)CC1. The fourth-order valence-corrected chi connectivity index (χ4v) is 3.92. The van der Waals surface area contributed by atoms with Crippen molar-refractivity contribution in [2.45, 2.75) is 43.5 Å². The van der Waals surface area contributed by atoms with Crippen LogP contribution < -0.4 is 5.32 Å². The average molecular weight is 316 g/mol. The maximum atomic E-state index is 12.2. The minimum Gasteiger partial charge on any atom is -0.313 e. The van der Waals surface area contributed by atoms with Crippen LogP contribution in [0, 0.1) is 5.92 Å². The molecule has 0 aliphatic heterocycles. The molecule has 1 saturated carbocycles. The van der Waals surface area contributed by atoms with E-state index in [1.165, 1.54) is 12.8 Å². The molecule has 0 bridgehead atoms. The van der Waals surface area contributed by atoms with Crippen LogP contribution in [0.1, 0.15) is 32.6 Å². The maximum Gasteiger partial charge on any atom is 0.179 e. The van der Waals surface area contributed by atoms with Crippen LogP contribution in [0.5, 0.6) is 0 Å². The fraction of sp³-hybridized carbons (Fsp3) is 0.600. The van der Waals surface area contributed by atoms with Gasteiger partial charge >= 0.3 is 0 Å². The van der Waals surface area contributed by atoms with Gasteiger partial charge in [0.1, 0.15) is 0 Å². The summed E-state index contributed by atoms with van der Waals surface area (Å²) in [7, 11) is -3.21. The van der Waals surface area contributed by atoms with Crippen molar-refractivity contribution in [3.8, 4) is 0 Å². The summed E-state index contributed by atoms with van der Waals surface area (Å²) >= 11 is 5.77. The van der Waals surface area contributed by atoms with Gasteiger partial charge in [-0.25, -0.2) is 8.42 Å². The standard InChI is InChI=1S/C15H22ClNO2S/c1-12-2-6-14(7-3-12)17-10-11-20(18,19)15-8-4-13(16)5-9-15/h4-5,8-9,12,14,17H,2-3,6-7,10-11H2,1H3. The van der Waals surface area contributed by atoms with Gasteiger partial charge in [-0.15, -0.1) is 0 Å². The van der Waals surface area contributed by atoms with E-state index >= 15 is 0 Å². The van der Waals surface area contributed by atoms with Crippen molar-refractivity contribution < 1.29 is 8.42 Å². The zero-order valence-corrected chi connectivity index (χ0v) is 13.4. The molecule has 0 amide bonds. The van der Waals surface area contributed by atoms with Gasteiger partial charge in [0.15, 0.2) is 9.84 Å². The van der Waals surface area contributed by atoms with Crippen LogP contribution in [0.15, 0.2) is 29.2 Å². The van der Waals surface area contributed by atoms with Crippen molar-refractivity contribution in [1.82, 2.24) is 5.32 Å². The highest BCUT2D eigenvalue weighted by Gasteiger charge is 2.19. The summed E-state index contributed by atoms with van der Waals surface area (Å²) in [6, 6.07) is 6.85. The average Bonchev–Trinajstić information content (AvgIpc) is 2.41. The molecule has 0 radical (unpaired) electrons. The lowest BCUT2D eigenvalue weighted by molar-refractivity contribution is 0.311. The van der Waals surface area contributed by atoms with Crippen LogP contribution in [-0.4, -0.2) is 26.8 Å². The fourth-order valence-electron chi connectivity index (χ4n) is 2.62. The molecule has 0 unspecified atom stereocenters. The molecule has 2 rings (SSSR count). The summed E-state index contributed by atoms with van der Waals surface area (Å²) < 4.78 is 24.3. The van der Waals surface area contributed by atoms with Gasteiger partial charge in [-0.2, -0.15) is 0 Å². The lowest BCUT2D eigenvalue weighted by Gasteiger charge is -2.27. The molecule has 0 heterocycles. The smallest absolute Gasteiger partial charge is 0.179 e. The molecule has 1 N–H and O–H groups in total. The Morgan fingerprint density at radius 3 is 2.35 bits per heavy atom. The van der Waals surface area contributed by atoms with E-state index < -0.39 is 9.84 Å². The Kier molecular flexibility index (Phi) is 5.47. The van der Waals surface area contributed by atoms with Crippen molar-refractivity contribution >= 4 is 21.4 Å². The molecule has 0 spiro atoms. The van der Waals surface area contributed by atoms with Crippen molar-refractivity contribution in [3.05, 3.63) is 29.3 Å². The Balaban J connectivity index is 1.82. The third-order valence-corrected chi connectivity index (χ3v) is 5.98. The molecule has 0 aromatic heterocycles. The van der Waals surface area contributed by atoms with Gasteiger partial charge in [-0.1, -0.05) is 18.5 Å². The summed E-state index contributed by atoms with van der Waals surface area (Å²) in [5.41, 5.74) is 0. The van der Waals surface area contributed by atoms with Gasteiger partial charge in [-0.05, 0) is 55.9 Å². The van der Waals surface area contributed by atoms with Crippen LogP contribution in [0.3, 0.4) is 0 Å². The van der Waals surface area contributed by atoms with E-state index in [0.29, 0.717) is 22.5 Å². The third-order valence-electron chi connectivity index (χ3n) is 3.99. The van der Waals surface area contributed by atoms with E-state index in [1.54, 1.807) is 24.3 Å². The van der Waals surface area contributed by atoms with E-state index in [9.17, 15) is 8.42 Å². The first-order valence-electron chi connectivity index (χ1n) is 7.19. The Hall–Kier alpha value is -0.580. The van der Waals surface area contributed by atoms with Crippen LogP contribution >= 0.6 is 11.6 Å². The molecular formula is C15H22ClNO2S. The molecular weight excluding hydrogens is 294 g/mol. The molecule has 20 heavy (non-hydrogen) atoms. The van der Waals surface area contributed by atoms with Gasteiger partial charge in [0, 0.05) is 17.6 Å².